The van der Waals surface area contributed by atoms with Crippen molar-refractivity contribution in [3.8, 4) is 0 Å². The molecule has 0 bridgehead atoms. The second kappa shape index (κ2) is 5.37. The van der Waals surface area contributed by atoms with Crippen molar-refractivity contribution < 1.29 is 23.5 Å². The molecule has 1 saturated carbocycles. The van der Waals surface area contributed by atoms with Gasteiger partial charge in [0.25, 0.3) is 0 Å². The maximum atomic E-state index is 13.5. The number of halogens is 2. The first-order valence-corrected chi connectivity index (χ1v) is 7.96. The van der Waals surface area contributed by atoms with Crippen molar-refractivity contribution in [1.29, 1.82) is 0 Å². The molecule has 25 heavy (non-hydrogen) atoms. The summed E-state index contributed by atoms with van der Waals surface area (Å²) in [4.78, 5) is 26.1. The van der Waals surface area contributed by atoms with Crippen molar-refractivity contribution in [3.05, 3.63) is 65.7 Å². The summed E-state index contributed by atoms with van der Waals surface area (Å²) in [6.07, 6.45) is -2.87. The van der Waals surface area contributed by atoms with Crippen LogP contribution in [0.25, 0.3) is 0 Å². The van der Waals surface area contributed by atoms with Crippen molar-refractivity contribution in [1.82, 2.24) is 0 Å². The summed E-state index contributed by atoms with van der Waals surface area (Å²) in [5, 5.41) is 9.41. The topological polar surface area (TPSA) is 57.6 Å². The molecule has 1 heterocycles. The third kappa shape index (κ3) is 2.03. The Morgan fingerprint density at radius 2 is 1.76 bits per heavy atom. The predicted octanol–water partition coefficient (Wildman–Crippen LogP) is 3.07. The van der Waals surface area contributed by atoms with E-state index in [1.165, 1.54) is 4.90 Å². The number of hydrogen-bond donors (Lipinski definition) is 1. The van der Waals surface area contributed by atoms with E-state index < -0.39 is 35.6 Å². The minimum absolute atomic E-state index is 0.223. The van der Waals surface area contributed by atoms with Gasteiger partial charge < -0.3 is 10.0 Å². The summed E-state index contributed by atoms with van der Waals surface area (Å²) in [6.45, 7) is 0.223. The van der Waals surface area contributed by atoms with Crippen molar-refractivity contribution in [2.45, 2.75) is 18.4 Å². The van der Waals surface area contributed by atoms with Crippen molar-refractivity contribution in [2.24, 2.45) is 11.8 Å². The number of aliphatic carboxylic acids is 1. The maximum absolute atomic E-state index is 13.5. The standard InChI is InChI=1S/C19H15F2NO3/c20-16(21)14-15(17(23)24)19(14)12-8-4-5-9-13(12)22(18(19)25)10-11-6-2-1-3-7-11/h1-9,14-16H,10H2,(H,23,24)/t14-,15-,19+/m0/s1. The molecule has 0 aromatic heterocycles. The molecule has 1 fully saturated rings. The van der Waals surface area contributed by atoms with E-state index in [9.17, 15) is 23.5 Å². The van der Waals surface area contributed by atoms with Crippen LogP contribution in [0, 0.1) is 11.8 Å². The van der Waals surface area contributed by atoms with Gasteiger partial charge in [-0.2, -0.15) is 0 Å². The molecular weight excluding hydrogens is 328 g/mol. The molecule has 1 N–H and O–H groups in total. The quantitative estimate of drug-likeness (QED) is 0.928. The zero-order valence-electron chi connectivity index (χ0n) is 13.1. The monoisotopic (exact) mass is 343 g/mol. The van der Waals surface area contributed by atoms with E-state index in [0.29, 0.717) is 11.3 Å². The molecule has 4 rings (SSSR count). The number of alkyl halides is 2. The highest BCUT2D eigenvalue weighted by Gasteiger charge is 2.80. The molecule has 6 heteroatoms. The Bertz CT molecular complexity index is 855. The van der Waals surface area contributed by atoms with Crippen LogP contribution in [0.3, 0.4) is 0 Å². The van der Waals surface area contributed by atoms with Gasteiger partial charge in [0.05, 0.1) is 23.8 Å². The predicted molar refractivity (Wildman–Crippen MR) is 86.4 cm³/mol. The van der Waals surface area contributed by atoms with E-state index in [1.807, 2.05) is 30.3 Å². The third-order valence-electron chi connectivity index (χ3n) is 5.23. The molecule has 0 unspecified atom stereocenters. The van der Waals surface area contributed by atoms with Gasteiger partial charge in [-0.3, -0.25) is 9.59 Å². The lowest BCUT2D eigenvalue weighted by molar-refractivity contribution is -0.140. The largest absolute Gasteiger partial charge is 0.481 e. The van der Waals surface area contributed by atoms with Crippen LogP contribution in [0.1, 0.15) is 11.1 Å². The van der Waals surface area contributed by atoms with Crippen LogP contribution in [0.2, 0.25) is 0 Å². The second-order valence-corrected chi connectivity index (χ2v) is 6.44. The molecule has 1 amide bonds. The van der Waals surface area contributed by atoms with Crippen LogP contribution in [-0.2, 0) is 21.5 Å². The van der Waals surface area contributed by atoms with Gasteiger partial charge in [-0.25, -0.2) is 8.78 Å². The number of benzene rings is 2. The van der Waals surface area contributed by atoms with Crippen LogP contribution in [0.15, 0.2) is 54.6 Å². The number of fused-ring (bicyclic) bond motifs is 2. The number of hydrogen-bond acceptors (Lipinski definition) is 2. The smallest absolute Gasteiger partial charge is 0.308 e. The molecule has 1 aliphatic carbocycles. The summed E-state index contributed by atoms with van der Waals surface area (Å²) in [6, 6.07) is 15.8. The van der Waals surface area contributed by atoms with Crippen LogP contribution < -0.4 is 4.90 Å². The van der Waals surface area contributed by atoms with Crippen LogP contribution >= 0.6 is 0 Å². The van der Waals surface area contributed by atoms with E-state index in [4.69, 9.17) is 0 Å². The molecule has 0 radical (unpaired) electrons. The summed E-state index contributed by atoms with van der Waals surface area (Å²) < 4.78 is 27.0. The van der Waals surface area contributed by atoms with Gasteiger partial charge in [0, 0.05) is 5.69 Å². The van der Waals surface area contributed by atoms with Gasteiger partial charge in [0.1, 0.15) is 0 Å². The lowest BCUT2D eigenvalue weighted by Gasteiger charge is -2.18. The minimum Gasteiger partial charge on any atom is -0.481 e. The normalized spacial score (nSPS) is 27.0. The Morgan fingerprint density at radius 3 is 2.36 bits per heavy atom. The Morgan fingerprint density at radius 1 is 1.12 bits per heavy atom. The number of carboxylic acids is 1. The van der Waals surface area contributed by atoms with Crippen LogP contribution in [0.5, 0.6) is 0 Å². The molecule has 2 aromatic rings. The minimum atomic E-state index is -2.87. The molecule has 2 aromatic carbocycles. The zero-order valence-corrected chi connectivity index (χ0v) is 13.1. The third-order valence-corrected chi connectivity index (χ3v) is 5.23. The summed E-state index contributed by atoms with van der Waals surface area (Å²) in [5.74, 6) is -4.77. The van der Waals surface area contributed by atoms with E-state index in [0.717, 1.165) is 5.56 Å². The SMILES string of the molecule is O=C(O)[C@@H]1[C@@H](C(F)F)[C@@]12C(=O)N(Cc1ccccc1)c1ccccc12. The average molecular weight is 343 g/mol. The number of carboxylic acid groups (broad SMARTS) is 1. The van der Waals surface area contributed by atoms with Gasteiger partial charge >= 0.3 is 5.97 Å². The number of carbonyl (C=O) groups is 2. The Balaban J connectivity index is 1.81. The summed E-state index contributed by atoms with van der Waals surface area (Å²) in [5.41, 5.74) is 0.119. The van der Waals surface area contributed by atoms with Gasteiger partial charge in [-0.15, -0.1) is 0 Å². The van der Waals surface area contributed by atoms with Gasteiger partial charge in [0.2, 0.25) is 12.3 Å². The average Bonchev–Trinajstić information content (AvgIpc) is 3.26. The van der Waals surface area contributed by atoms with Crippen molar-refractivity contribution in [3.63, 3.8) is 0 Å². The van der Waals surface area contributed by atoms with Crippen molar-refractivity contribution >= 4 is 17.6 Å². The molecule has 1 spiro atoms. The zero-order chi connectivity index (χ0) is 17.8. The summed E-state index contributed by atoms with van der Waals surface area (Å²) >= 11 is 0. The van der Waals surface area contributed by atoms with Gasteiger partial charge in [-0.05, 0) is 17.2 Å². The number of carbonyl (C=O) groups excluding carboxylic acids is 1. The Kier molecular flexibility index (Phi) is 3.39. The highest BCUT2D eigenvalue weighted by Crippen LogP contribution is 2.68. The summed E-state index contributed by atoms with van der Waals surface area (Å²) in [7, 11) is 0. The fourth-order valence-corrected chi connectivity index (χ4v) is 4.16. The highest BCUT2D eigenvalue weighted by atomic mass is 19.3. The number of nitrogens with zero attached hydrogens (tertiary/aromatic N) is 1. The molecule has 0 saturated heterocycles. The molecule has 1 aliphatic heterocycles. The first-order chi connectivity index (χ1) is 12.0. The number of anilines is 1. The first kappa shape index (κ1) is 15.7. The van der Waals surface area contributed by atoms with Crippen LogP contribution in [-0.4, -0.2) is 23.4 Å². The highest BCUT2D eigenvalue weighted by molar-refractivity contribution is 6.14. The lowest BCUT2D eigenvalue weighted by Crippen LogP contribution is -2.34. The van der Waals surface area contributed by atoms with Gasteiger partial charge in [-0.1, -0.05) is 48.5 Å². The number of amides is 1. The van der Waals surface area contributed by atoms with E-state index >= 15 is 0 Å². The molecule has 4 nitrogen and oxygen atoms in total. The van der Waals surface area contributed by atoms with Gasteiger partial charge in [0.15, 0.2) is 0 Å². The van der Waals surface area contributed by atoms with Crippen LogP contribution in [0.4, 0.5) is 14.5 Å². The molecular formula is C19H15F2NO3. The van der Waals surface area contributed by atoms with Crippen molar-refractivity contribution in [2.75, 3.05) is 4.90 Å². The van der Waals surface area contributed by atoms with E-state index in [-0.39, 0.29) is 6.54 Å². The molecule has 3 atom stereocenters. The number of para-hydroxylation sites is 1. The Hall–Kier alpha value is -2.76. The lowest BCUT2D eigenvalue weighted by atomic mass is 9.93. The Labute approximate surface area is 142 Å². The van der Waals surface area contributed by atoms with E-state index in [1.54, 1.807) is 24.3 Å². The van der Waals surface area contributed by atoms with E-state index in [2.05, 4.69) is 0 Å². The second-order valence-electron chi connectivity index (χ2n) is 6.44. The maximum Gasteiger partial charge on any atom is 0.308 e. The molecule has 128 valence electrons. The fourth-order valence-electron chi connectivity index (χ4n) is 4.16. The fraction of sp³-hybridized carbons (Fsp3) is 0.263. The molecule has 2 aliphatic rings. The number of rotatable bonds is 4. The first-order valence-electron chi connectivity index (χ1n) is 7.96.